The van der Waals surface area contributed by atoms with Gasteiger partial charge in [0.1, 0.15) is 55.4 Å². The van der Waals surface area contributed by atoms with Crippen LogP contribution in [0.4, 0.5) is 0 Å². The van der Waals surface area contributed by atoms with E-state index < -0.39 is 99.3 Å². The Kier molecular flexibility index (Phi) is 35.6. The molecular weight excluding hydrogens is 877 g/mol. The molecule has 2 rings (SSSR count). The van der Waals surface area contributed by atoms with Crippen molar-refractivity contribution in [3.05, 3.63) is 72.9 Å². The van der Waals surface area contributed by atoms with Crippen LogP contribution >= 0.6 is 0 Å². The van der Waals surface area contributed by atoms with Gasteiger partial charge in [0.15, 0.2) is 18.7 Å². The molecule has 390 valence electrons. The second-order valence-electron chi connectivity index (χ2n) is 17.6. The number of aliphatic hydroxyl groups is 7. The van der Waals surface area contributed by atoms with Crippen LogP contribution in [0.25, 0.3) is 0 Å². The summed E-state index contributed by atoms with van der Waals surface area (Å²) in [6.07, 6.45) is 29.4. The second-order valence-corrected chi connectivity index (χ2v) is 17.6. The molecule has 2 aliphatic rings. The second kappa shape index (κ2) is 39.6. The van der Waals surface area contributed by atoms with Gasteiger partial charge in [0.05, 0.1) is 19.8 Å². The van der Waals surface area contributed by atoms with Gasteiger partial charge in [0, 0.05) is 12.8 Å². The lowest BCUT2D eigenvalue weighted by molar-refractivity contribution is -0.332. The maximum Gasteiger partial charge on any atom is 0.306 e. The van der Waals surface area contributed by atoms with Crippen molar-refractivity contribution >= 4 is 11.9 Å². The number of rotatable bonds is 38. The molecule has 0 aromatic heterocycles. The molecule has 0 saturated carbocycles. The van der Waals surface area contributed by atoms with Gasteiger partial charge in [-0.1, -0.05) is 138 Å². The fourth-order valence-electron chi connectivity index (χ4n) is 7.48. The fourth-order valence-corrected chi connectivity index (χ4v) is 7.48. The Balaban J connectivity index is 1.85. The molecule has 68 heavy (non-hydrogen) atoms. The number of esters is 2. The van der Waals surface area contributed by atoms with E-state index in [1.807, 2.05) is 12.2 Å². The first-order chi connectivity index (χ1) is 33.0. The molecule has 2 fully saturated rings. The lowest BCUT2D eigenvalue weighted by Crippen LogP contribution is -2.61. The van der Waals surface area contributed by atoms with Crippen molar-refractivity contribution in [3.63, 3.8) is 0 Å². The highest BCUT2D eigenvalue weighted by atomic mass is 16.7. The van der Waals surface area contributed by atoms with Crippen LogP contribution in [0.5, 0.6) is 0 Å². The summed E-state index contributed by atoms with van der Waals surface area (Å²) in [7, 11) is 0. The first kappa shape index (κ1) is 61.1. The van der Waals surface area contributed by atoms with Gasteiger partial charge >= 0.3 is 11.9 Å². The van der Waals surface area contributed by atoms with Crippen molar-refractivity contribution in [3.8, 4) is 0 Å². The minimum absolute atomic E-state index is 0.120. The predicted octanol–water partition coefficient (Wildman–Crippen LogP) is 7.04. The van der Waals surface area contributed by atoms with E-state index in [1.165, 1.54) is 57.8 Å². The molecule has 11 atom stereocenters. The van der Waals surface area contributed by atoms with Crippen LogP contribution in [0, 0.1) is 0 Å². The number of ether oxygens (including phenoxy) is 6. The van der Waals surface area contributed by atoms with Gasteiger partial charge < -0.3 is 64.2 Å². The molecule has 15 nitrogen and oxygen atoms in total. The Labute approximate surface area is 406 Å². The number of unbranched alkanes of at least 4 members (excludes halogenated alkanes) is 12. The lowest BCUT2D eigenvalue weighted by Gasteiger charge is -2.42. The van der Waals surface area contributed by atoms with E-state index in [4.69, 9.17) is 28.4 Å². The summed E-state index contributed by atoms with van der Waals surface area (Å²) >= 11 is 0. The summed E-state index contributed by atoms with van der Waals surface area (Å²) in [5.41, 5.74) is 0. The Morgan fingerprint density at radius 1 is 0.485 bits per heavy atom. The summed E-state index contributed by atoms with van der Waals surface area (Å²) < 4.78 is 33.5. The maximum absolute atomic E-state index is 13.0. The van der Waals surface area contributed by atoms with Crippen LogP contribution in [0.15, 0.2) is 72.9 Å². The van der Waals surface area contributed by atoms with Gasteiger partial charge in [-0.2, -0.15) is 0 Å². The summed E-state index contributed by atoms with van der Waals surface area (Å²) in [6.45, 7) is 2.38. The number of hydrogen-bond acceptors (Lipinski definition) is 15. The molecule has 0 bridgehead atoms. The van der Waals surface area contributed by atoms with Gasteiger partial charge in [0.2, 0.25) is 0 Å². The monoisotopic (exact) mass is 965 g/mol. The Hall–Kier alpha value is -3.06. The van der Waals surface area contributed by atoms with Crippen molar-refractivity contribution in [1.29, 1.82) is 0 Å². The van der Waals surface area contributed by atoms with E-state index >= 15 is 0 Å². The van der Waals surface area contributed by atoms with E-state index in [-0.39, 0.29) is 19.4 Å². The summed E-state index contributed by atoms with van der Waals surface area (Å²) in [5, 5.41) is 72.0. The highest BCUT2D eigenvalue weighted by Gasteiger charge is 2.47. The van der Waals surface area contributed by atoms with Gasteiger partial charge in [-0.15, -0.1) is 0 Å². The van der Waals surface area contributed by atoms with Crippen LogP contribution in [0.2, 0.25) is 0 Å². The summed E-state index contributed by atoms with van der Waals surface area (Å²) in [6, 6.07) is 0. The largest absolute Gasteiger partial charge is 0.462 e. The van der Waals surface area contributed by atoms with E-state index in [1.54, 1.807) is 0 Å². The molecule has 0 aliphatic carbocycles. The van der Waals surface area contributed by atoms with Crippen LogP contribution in [0.1, 0.15) is 155 Å². The van der Waals surface area contributed by atoms with Crippen LogP contribution in [0.3, 0.4) is 0 Å². The number of allylic oxidation sites excluding steroid dienone is 12. The minimum atomic E-state index is -1.78. The Morgan fingerprint density at radius 3 is 1.51 bits per heavy atom. The molecule has 0 radical (unpaired) electrons. The normalized spacial score (nSPS) is 26.4. The van der Waals surface area contributed by atoms with Gasteiger partial charge in [-0.3, -0.25) is 9.59 Å². The number of hydrogen-bond donors (Lipinski definition) is 7. The third-order valence-electron chi connectivity index (χ3n) is 11.7. The molecule has 2 heterocycles. The number of carbonyl (C=O) groups is 2. The van der Waals surface area contributed by atoms with E-state index in [0.717, 1.165) is 51.4 Å². The molecule has 0 aromatic carbocycles. The topological polar surface area (TPSA) is 231 Å². The highest BCUT2D eigenvalue weighted by Crippen LogP contribution is 2.26. The molecule has 0 spiro atoms. The Morgan fingerprint density at radius 2 is 0.941 bits per heavy atom. The molecule has 0 amide bonds. The highest BCUT2D eigenvalue weighted by molar-refractivity contribution is 5.70. The van der Waals surface area contributed by atoms with Crippen LogP contribution < -0.4 is 0 Å². The maximum atomic E-state index is 13.0. The van der Waals surface area contributed by atoms with Crippen LogP contribution in [-0.4, -0.2) is 142 Å². The van der Waals surface area contributed by atoms with Crippen molar-refractivity contribution in [2.75, 3.05) is 26.4 Å². The van der Waals surface area contributed by atoms with E-state index in [2.05, 4.69) is 74.6 Å². The molecule has 2 aliphatic heterocycles. The SMILES string of the molecule is CC/C=C/C/C=C/C/C=C/C/C=C/C/C=C/CCCC(=O)OC[C@@H](CO[C@@H]1O[C@H](CO[C@@H]2O[C@H](CO)[C@H](O)C(O)C2O)[C@H](O)C(O)C1O)OC(=O)CCCC/C=C/CCCCCCCCCCC. The smallest absolute Gasteiger partial charge is 0.306 e. The van der Waals surface area contributed by atoms with Crippen LogP contribution in [-0.2, 0) is 38.0 Å². The zero-order valence-electron chi connectivity index (χ0n) is 41.1. The molecule has 2 saturated heterocycles. The third kappa shape index (κ3) is 27.4. The molecular formula is C53H88O15. The van der Waals surface area contributed by atoms with E-state index in [9.17, 15) is 45.3 Å². The zero-order valence-corrected chi connectivity index (χ0v) is 41.1. The third-order valence-corrected chi connectivity index (χ3v) is 11.7. The standard InChI is InChI=1S/C53H88O15/c1-3-5-7-9-11-13-15-17-19-20-22-23-25-27-29-31-33-35-44(55)63-38-41(66-45(56)36-34-32-30-28-26-24-21-18-16-14-12-10-8-6-4-2)39-64-52-51(62)49(60)47(58)43(68-52)40-65-53-50(61)48(59)46(57)42(37-54)67-53/h5,7,11,13,17,19,22-23,26-29,41-43,46-54,57-62H,3-4,6,8-10,12,14-16,18,20-21,24-25,30-40H2,1-2H3/b7-5+,13-11+,19-17+,23-22+,28-26+,29-27+/t41-,42+,43+,46-,47-,48?,49?,50?,51?,52+,53+/m0/s1. The zero-order chi connectivity index (χ0) is 49.6. The first-order valence-electron chi connectivity index (χ1n) is 25.5. The number of aliphatic hydroxyl groups excluding tert-OH is 7. The van der Waals surface area contributed by atoms with Crippen molar-refractivity contribution in [2.24, 2.45) is 0 Å². The minimum Gasteiger partial charge on any atom is -0.462 e. The molecule has 7 N–H and O–H groups in total. The predicted molar refractivity (Wildman–Crippen MR) is 261 cm³/mol. The van der Waals surface area contributed by atoms with Gasteiger partial charge in [-0.05, 0) is 77.0 Å². The first-order valence-corrected chi connectivity index (χ1v) is 25.5. The summed E-state index contributed by atoms with van der Waals surface area (Å²) in [5.74, 6) is -1.02. The Bertz CT molecular complexity index is 1460. The van der Waals surface area contributed by atoms with Crippen molar-refractivity contribution in [2.45, 2.75) is 223 Å². The molecule has 4 unspecified atom stereocenters. The quantitative estimate of drug-likeness (QED) is 0.0187. The van der Waals surface area contributed by atoms with Gasteiger partial charge in [0.25, 0.3) is 0 Å². The fraction of sp³-hybridized carbons (Fsp3) is 0.736. The molecule has 0 aromatic rings. The average molecular weight is 965 g/mol. The lowest BCUT2D eigenvalue weighted by atomic mass is 9.98. The van der Waals surface area contributed by atoms with E-state index in [0.29, 0.717) is 19.3 Å². The number of carbonyl (C=O) groups excluding carboxylic acids is 2. The van der Waals surface area contributed by atoms with Gasteiger partial charge in [-0.25, -0.2) is 0 Å². The molecule has 15 heteroatoms. The average Bonchev–Trinajstić information content (AvgIpc) is 3.33. The van der Waals surface area contributed by atoms with Crippen molar-refractivity contribution in [1.82, 2.24) is 0 Å². The van der Waals surface area contributed by atoms with Crippen molar-refractivity contribution < 1.29 is 73.8 Å². The summed E-state index contributed by atoms with van der Waals surface area (Å²) in [4.78, 5) is 25.7.